The van der Waals surface area contributed by atoms with Crippen molar-refractivity contribution in [2.75, 3.05) is 4.90 Å². The minimum atomic E-state index is 1.13. The van der Waals surface area contributed by atoms with Crippen LogP contribution in [-0.4, -0.2) is 0 Å². The Labute approximate surface area is 293 Å². The number of nitrogens with zero attached hydrogens (tertiary/aromatic N) is 1. The van der Waals surface area contributed by atoms with E-state index in [1.54, 1.807) is 0 Å². The van der Waals surface area contributed by atoms with Crippen LogP contribution < -0.4 is 4.90 Å². The number of rotatable bonds is 5. The Balaban J connectivity index is 1.23. The molecule has 0 saturated carbocycles. The molecule has 1 aliphatic rings. The standard InChI is InChI=1S/C48H29NS/c1-3-10-30(11-4-1)31-22-25-36(26-23-31)49(41-17-8-7-15-38(41)32-12-5-2-6-13-32)37-28-40-39-16-9-14-33-18-19-34-20-21-35-24-27-42-48(46(35)45(34)44(33)39)47(40)43(29-37)50-42/h1-29H. The lowest BCUT2D eigenvalue weighted by Crippen LogP contribution is -2.11. The Morgan fingerprint density at radius 2 is 0.920 bits per heavy atom. The summed E-state index contributed by atoms with van der Waals surface area (Å²) in [6.45, 7) is 0. The van der Waals surface area contributed by atoms with Gasteiger partial charge in [-0.2, -0.15) is 0 Å². The van der Waals surface area contributed by atoms with Gasteiger partial charge in [-0.1, -0.05) is 140 Å². The maximum atomic E-state index is 2.46. The summed E-state index contributed by atoms with van der Waals surface area (Å²) in [5, 5.41) is 10.8. The molecule has 11 rings (SSSR count). The highest BCUT2D eigenvalue weighted by Gasteiger charge is 2.25. The van der Waals surface area contributed by atoms with E-state index in [4.69, 9.17) is 0 Å². The zero-order valence-corrected chi connectivity index (χ0v) is 27.9. The van der Waals surface area contributed by atoms with Crippen LogP contribution in [0.3, 0.4) is 0 Å². The maximum absolute atomic E-state index is 2.46. The number of fused-ring (bicyclic) bond motifs is 1. The molecule has 1 nitrogen and oxygen atoms in total. The third kappa shape index (κ3) is 4.00. The van der Waals surface area contributed by atoms with Crippen LogP contribution in [0, 0.1) is 0 Å². The number of hydrogen-bond acceptors (Lipinski definition) is 2. The Morgan fingerprint density at radius 3 is 1.68 bits per heavy atom. The van der Waals surface area contributed by atoms with Crippen LogP contribution in [-0.2, 0) is 0 Å². The molecule has 0 bridgehead atoms. The van der Waals surface area contributed by atoms with Crippen LogP contribution in [0.5, 0.6) is 0 Å². The summed E-state index contributed by atoms with van der Waals surface area (Å²) in [6, 6.07) is 64.8. The first kappa shape index (κ1) is 27.7. The molecule has 1 aliphatic carbocycles. The molecule has 0 amide bonds. The molecule has 1 heterocycles. The predicted octanol–water partition coefficient (Wildman–Crippen LogP) is 14.3. The first-order chi connectivity index (χ1) is 24.8. The van der Waals surface area contributed by atoms with E-state index < -0.39 is 0 Å². The van der Waals surface area contributed by atoms with Gasteiger partial charge in [-0.05, 0) is 96.5 Å². The molecule has 0 fully saturated rings. The summed E-state index contributed by atoms with van der Waals surface area (Å²) < 4.78 is 2.65. The van der Waals surface area contributed by atoms with Gasteiger partial charge < -0.3 is 4.90 Å². The fraction of sp³-hybridized carbons (Fsp3) is 0. The van der Waals surface area contributed by atoms with Crippen LogP contribution in [0.15, 0.2) is 176 Å². The second-order valence-corrected chi connectivity index (χ2v) is 14.4. The smallest absolute Gasteiger partial charge is 0.0540 e. The van der Waals surface area contributed by atoms with Gasteiger partial charge in [-0.15, -0.1) is 11.3 Å². The van der Waals surface area contributed by atoms with Crippen molar-refractivity contribution in [1.82, 2.24) is 0 Å². The van der Waals surface area contributed by atoms with Gasteiger partial charge in [0.05, 0.1) is 5.69 Å². The fourth-order valence-corrected chi connectivity index (χ4v) is 9.51. The molecule has 0 N–H and O–H groups in total. The highest BCUT2D eigenvalue weighted by molar-refractivity contribution is 7.26. The molecule has 1 aromatic heterocycles. The maximum Gasteiger partial charge on any atom is 0.0540 e. The quantitative estimate of drug-likeness (QED) is 0.167. The Hall–Kier alpha value is -6.22. The Kier molecular flexibility index (Phi) is 5.89. The van der Waals surface area contributed by atoms with Crippen LogP contribution in [0.4, 0.5) is 17.1 Å². The average Bonchev–Trinajstić information content (AvgIpc) is 3.51. The van der Waals surface area contributed by atoms with E-state index in [-0.39, 0.29) is 0 Å². The molecule has 10 aromatic rings. The van der Waals surface area contributed by atoms with Gasteiger partial charge in [-0.25, -0.2) is 0 Å². The molecule has 0 unspecified atom stereocenters. The average molecular weight is 652 g/mol. The normalized spacial score (nSPS) is 12.0. The summed E-state index contributed by atoms with van der Waals surface area (Å²) in [4.78, 5) is 2.46. The van der Waals surface area contributed by atoms with Gasteiger partial charge >= 0.3 is 0 Å². The summed E-state index contributed by atoms with van der Waals surface area (Å²) in [6.07, 6.45) is 0. The van der Waals surface area contributed by atoms with Gasteiger partial charge in [0.15, 0.2) is 0 Å². The topological polar surface area (TPSA) is 3.24 Å². The van der Waals surface area contributed by atoms with E-state index >= 15 is 0 Å². The second kappa shape index (κ2) is 10.6. The summed E-state index contributed by atoms with van der Waals surface area (Å²) in [5.41, 5.74) is 10.9. The van der Waals surface area contributed by atoms with Gasteiger partial charge in [-0.3, -0.25) is 0 Å². The van der Waals surface area contributed by atoms with Crippen molar-refractivity contribution < 1.29 is 0 Å². The van der Waals surface area contributed by atoms with E-state index in [0.717, 1.165) is 17.1 Å². The second-order valence-electron chi connectivity index (χ2n) is 13.3. The van der Waals surface area contributed by atoms with Crippen molar-refractivity contribution in [3.8, 4) is 33.4 Å². The van der Waals surface area contributed by atoms with Crippen LogP contribution in [0.25, 0.3) is 85.9 Å². The van der Waals surface area contributed by atoms with Crippen molar-refractivity contribution in [3.05, 3.63) is 176 Å². The Bertz CT molecular complexity index is 2950. The molecule has 50 heavy (non-hydrogen) atoms. The first-order valence-corrected chi connectivity index (χ1v) is 18.0. The van der Waals surface area contributed by atoms with Crippen LogP contribution >= 0.6 is 11.3 Å². The molecular formula is C48H29NS. The number of anilines is 3. The zero-order valence-electron chi connectivity index (χ0n) is 27.1. The molecule has 0 saturated heterocycles. The van der Waals surface area contributed by atoms with Gasteiger partial charge in [0.2, 0.25) is 0 Å². The molecule has 0 aliphatic heterocycles. The van der Waals surface area contributed by atoms with Crippen molar-refractivity contribution in [2.45, 2.75) is 0 Å². The monoisotopic (exact) mass is 651 g/mol. The van der Waals surface area contributed by atoms with Crippen molar-refractivity contribution >= 4 is 80.9 Å². The van der Waals surface area contributed by atoms with E-state index in [0.29, 0.717) is 0 Å². The number of thiophene rings is 1. The third-order valence-corrected chi connectivity index (χ3v) is 11.6. The number of hydrogen-bond donors (Lipinski definition) is 0. The molecule has 232 valence electrons. The van der Waals surface area contributed by atoms with Gasteiger partial charge in [0.1, 0.15) is 0 Å². The molecule has 9 aromatic carbocycles. The van der Waals surface area contributed by atoms with Crippen LogP contribution in [0.2, 0.25) is 0 Å². The van der Waals surface area contributed by atoms with Crippen molar-refractivity contribution in [1.29, 1.82) is 0 Å². The third-order valence-electron chi connectivity index (χ3n) is 10.5. The summed E-state index contributed by atoms with van der Waals surface area (Å²) in [5.74, 6) is 0. The van der Waals surface area contributed by atoms with E-state index in [1.165, 1.54) is 85.9 Å². The number of para-hydroxylation sites is 1. The van der Waals surface area contributed by atoms with Gasteiger partial charge in [0.25, 0.3) is 0 Å². The summed E-state index contributed by atoms with van der Waals surface area (Å²) >= 11 is 1.91. The lowest BCUT2D eigenvalue weighted by molar-refractivity contribution is 1.29. The zero-order chi connectivity index (χ0) is 32.8. The Morgan fingerprint density at radius 1 is 0.320 bits per heavy atom. The van der Waals surface area contributed by atoms with Gasteiger partial charge in [0, 0.05) is 37.1 Å². The van der Waals surface area contributed by atoms with Crippen molar-refractivity contribution in [3.63, 3.8) is 0 Å². The van der Waals surface area contributed by atoms with Crippen LogP contribution in [0.1, 0.15) is 0 Å². The lowest BCUT2D eigenvalue weighted by Gasteiger charge is -2.29. The minimum Gasteiger partial charge on any atom is -0.310 e. The molecule has 2 heteroatoms. The molecule has 0 atom stereocenters. The highest BCUT2D eigenvalue weighted by atomic mass is 32.1. The highest BCUT2D eigenvalue weighted by Crippen LogP contribution is 2.53. The molecule has 0 spiro atoms. The molecular weight excluding hydrogens is 623 g/mol. The van der Waals surface area contributed by atoms with E-state index in [2.05, 4.69) is 181 Å². The van der Waals surface area contributed by atoms with Crippen molar-refractivity contribution in [2.24, 2.45) is 0 Å². The van der Waals surface area contributed by atoms with E-state index in [1.807, 2.05) is 11.3 Å². The van der Waals surface area contributed by atoms with E-state index in [9.17, 15) is 0 Å². The first-order valence-electron chi connectivity index (χ1n) is 17.2. The summed E-state index contributed by atoms with van der Waals surface area (Å²) in [7, 11) is 0. The number of benzene rings is 9. The lowest BCUT2D eigenvalue weighted by atomic mass is 9.92. The SMILES string of the molecule is c1ccc(-c2ccc(N(c3cc4c5c(c3)sc3ccc6ccc7ccc8cccc-4c8c7c6c35)c3ccccc3-c3ccccc3)cc2)cc1. The minimum absolute atomic E-state index is 1.13. The largest absolute Gasteiger partial charge is 0.310 e. The predicted molar refractivity (Wildman–Crippen MR) is 216 cm³/mol. The fourth-order valence-electron chi connectivity index (χ4n) is 8.34. The molecule has 0 radical (unpaired) electrons.